The summed E-state index contributed by atoms with van der Waals surface area (Å²) in [7, 11) is 4.33. The van der Waals surface area contributed by atoms with Crippen LogP contribution in [0.2, 0.25) is 0 Å². The van der Waals surface area contributed by atoms with Gasteiger partial charge in [0.05, 0.1) is 0 Å². The predicted octanol–water partition coefficient (Wildman–Crippen LogP) is 0.868. The van der Waals surface area contributed by atoms with Gasteiger partial charge in [0, 0.05) is 27.2 Å². The zero-order chi connectivity index (χ0) is 19.9. The maximum atomic E-state index is 13.5. The summed E-state index contributed by atoms with van der Waals surface area (Å²) in [5, 5.41) is 0. The van der Waals surface area contributed by atoms with Crippen LogP contribution in [0.15, 0.2) is 33.9 Å². The quantitative estimate of drug-likeness (QED) is 0.385. The molecule has 0 N–H and O–H groups in total. The van der Waals surface area contributed by atoms with Gasteiger partial charge in [0.1, 0.15) is 5.82 Å². The zero-order valence-electron chi connectivity index (χ0n) is 14.6. The molecule has 0 spiro atoms. The predicted molar refractivity (Wildman–Crippen MR) is 92.2 cm³/mol. The minimum atomic E-state index is -1.03. The van der Waals surface area contributed by atoms with E-state index < -0.39 is 34.6 Å². The molecule has 8 nitrogen and oxygen atoms in total. The van der Waals surface area contributed by atoms with Crippen molar-refractivity contribution in [2.45, 2.75) is 0 Å². The molecule has 2 heterocycles. The number of carbonyl (C=O) groups excluding carboxylic acids is 1. The van der Waals surface area contributed by atoms with Crippen molar-refractivity contribution >= 4 is 23.2 Å². The van der Waals surface area contributed by atoms with Gasteiger partial charge in [-0.25, -0.2) is 23.4 Å². The first-order valence-corrected chi connectivity index (χ1v) is 7.68. The number of halogens is 2. The molecule has 0 unspecified atom stereocenters. The number of imidazole rings is 1. The van der Waals surface area contributed by atoms with Crippen LogP contribution in [0.25, 0.3) is 17.2 Å². The average Bonchev–Trinajstić information content (AvgIpc) is 2.96. The van der Waals surface area contributed by atoms with Crippen LogP contribution in [-0.4, -0.2) is 24.7 Å². The number of para-hydroxylation sites is 1. The number of hydrogen-bond donors (Lipinski definition) is 0. The Hall–Kier alpha value is -3.56. The van der Waals surface area contributed by atoms with Gasteiger partial charge in [-0.2, -0.15) is 0 Å². The fourth-order valence-corrected chi connectivity index (χ4v) is 2.54. The summed E-state index contributed by atoms with van der Waals surface area (Å²) in [4.78, 5) is 40.3. The third kappa shape index (κ3) is 3.05. The molecule has 1 aromatic carbocycles. The smallest absolute Gasteiger partial charge is 0.336 e. The number of rotatable bonds is 3. The highest BCUT2D eigenvalue weighted by Crippen LogP contribution is 2.21. The molecular weight excluding hydrogens is 362 g/mol. The van der Waals surface area contributed by atoms with Crippen molar-refractivity contribution in [2.75, 3.05) is 0 Å². The topological polar surface area (TPSA) is 88.1 Å². The van der Waals surface area contributed by atoms with Crippen molar-refractivity contribution in [3.63, 3.8) is 0 Å². The van der Waals surface area contributed by atoms with E-state index in [-0.39, 0.29) is 17.0 Å². The molecule has 0 fully saturated rings. The van der Waals surface area contributed by atoms with Crippen LogP contribution in [0.4, 0.5) is 8.78 Å². The Balaban J connectivity index is 1.97. The second-order valence-corrected chi connectivity index (χ2v) is 5.71. The Bertz CT molecular complexity index is 1200. The lowest BCUT2D eigenvalue weighted by molar-refractivity contribution is -0.129. The molecule has 2 aromatic heterocycles. The number of aryl methyl sites for hydroxylation is 2. The van der Waals surface area contributed by atoms with Gasteiger partial charge in [0.2, 0.25) is 5.75 Å². The number of hydrogen-bond acceptors (Lipinski definition) is 5. The summed E-state index contributed by atoms with van der Waals surface area (Å²) >= 11 is 0. The number of benzene rings is 1. The molecule has 0 aliphatic carbocycles. The molecule has 3 aromatic rings. The molecule has 0 saturated heterocycles. The van der Waals surface area contributed by atoms with E-state index in [1.54, 1.807) is 0 Å². The monoisotopic (exact) mass is 376 g/mol. The Labute approximate surface area is 150 Å². The van der Waals surface area contributed by atoms with E-state index in [4.69, 9.17) is 0 Å². The van der Waals surface area contributed by atoms with Crippen LogP contribution < -0.4 is 16.0 Å². The molecule has 0 saturated carbocycles. The first-order chi connectivity index (χ1) is 12.7. The molecule has 0 bridgehead atoms. The molecule has 0 amide bonds. The van der Waals surface area contributed by atoms with Crippen molar-refractivity contribution in [3.8, 4) is 5.75 Å². The SMILES string of the molecule is Cn1c(=O)c2c(nc(/C=C/C(=O)Oc3c(F)cccc3F)n2C)n(C)c1=O. The van der Waals surface area contributed by atoms with Crippen LogP contribution in [0.5, 0.6) is 5.75 Å². The van der Waals surface area contributed by atoms with E-state index in [9.17, 15) is 23.2 Å². The first-order valence-electron chi connectivity index (χ1n) is 7.68. The highest BCUT2D eigenvalue weighted by Gasteiger charge is 2.16. The normalized spacial score (nSPS) is 11.4. The lowest BCUT2D eigenvalue weighted by atomic mass is 10.3. The van der Waals surface area contributed by atoms with Crippen LogP contribution in [-0.2, 0) is 25.9 Å². The lowest BCUT2D eigenvalue weighted by Gasteiger charge is -2.03. The van der Waals surface area contributed by atoms with E-state index in [1.807, 2.05) is 0 Å². The van der Waals surface area contributed by atoms with Gasteiger partial charge >= 0.3 is 11.7 Å². The molecule has 140 valence electrons. The Kier molecular flexibility index (Phi) is 4.48. The second kappa shape index (κ2) is 6.63. The number of ether oxygens (including phenoxy) is 1. The molecule has 3 rings (SSSR count). The van der Waals surface area contributed by atoms with Crippen LogP contribution >= 0.6 is 0 Å². The van der Waals surface area contributed by atoms with Crippen molar-refractivity contribution in [1.82, 2.24) is 18.7 Å². The highest BCUT2D eigenvalue weighted by atomic mass is 19.1. The number of carbonyl (C=O) groups is 1. The van der Waals surface area contributed by atoms with E-state index in [0.29, 0.717) is 0 Å². The van der Waals surface area contributed by atoms with Gasteiger partial charge in [-0.15, -0.1) is 0 Å². The summed E-state index contributed by atoms with van der Waals surface area (Å²) in [5.41, 5.74) is -0.791. The minimum absolute atomic E-state index is 0.138. The van der Waals surface area contributed by atoms with Gasteiger partial charge in [-0.3, -0.25) is 13.9 Å². The van der Waals surface area contributed by atoms with Crippen molar-refractivity contribution in [2.24, 2.45) is 21.1 Å². The average molecular weight is 376 g/mol. The molecule has 0 aliphatic heterocycles. The Morgan fingerprint density at radius 3 is 2.33 bits per heavy atom. The molecular formula is C17H14F2N4O4. The van der Waals surface area contributed by atoms with E-state index in [0.717, 1.165) is 28.8 Å². The zero-order valence-corrected chi connectivity index (χ0v) is 14.6. The molecule has 0 aliphatic rings. The molecule has 10 heteroatoms. The fourth-order valence-electron chi connectivity index (χ4n) is 2.54. The van der Waals surface area contributed by atoms with Crippen LogP contribution in [0.1, 0.15) is 5.82 Å². The summed E-state index contributed by atoms with van der Waals surface area (Å²) in [6.45, 7) is 0. The van der Waals surface area contributed by atoms with E-state index >= 15 is 0 Å². The van der Waals surface area contributed by atoms with E-state index in [2.05, 4.69) is 9.72 Å². The van der Waals surface area contributed by atoms with Crippen molar-refractivity contribution in [1.29, 1.82) is 0 Å². The minimum Gasteiger partial charge on any atom is -0.417 e. The largest absolute Gasteiger partial charge is 0.417 e. The summed E-state index contributed by atoms with van der Waals surface area (Å²) in [6, 6.07) is 3.05. The van der Waals surface area contributed by atoms with E-state index in [1.165, 1.54) is 36.4 Å². The van der Waals surface area contributed by atoms with Crippen molar-refractivity contribution in [3.05, 3.63) is 62.6 Å². The molecule has 0 atom stereocenters. The summed E-state index contributed by atoms with van der Waals surface area (Å²) in [6.07, 6.45) is 2.13. The molecule has 0 radical (unpaired) electrons. The third-order valence-electron chi connectivity index (χ3n) is 4.00. The number of esters is 1. The Morgan fingerprint density at radius 2 is 1.70 bits per heavy atom. The number of nitrogens with zero attached hydrogens (tertiary/aromatic N) is 4. The fraction of sp³-hybridized carbons (Fsp3) is 0.176. The third-order valence-corrected chi connectivity index (χ3v) is 4.00. The lowest BCUT2D eigenvalue weighted by Crippen LogP contribution is -2.37. The standard InChI is InChI=1S/C17H14F2N4O4/c1-21-11(20-15-13(21)16(25)23(3)17(26)22(15)2)7-8-12(24)27-14-9(18)5-4-6-10(14)19/h4-8H,1-3H3/b8-7+. The molecule has 27 heavy (non-hydrogen) atoms. The van der Waals surface area contributed by atoms with Gasteiger partial charge in [-0.05, 0) is 18.2 Å². The van der Waals surface area contributed by atoms with Gasteiger partial charge in [0.15, 0.2) is 22.8 Å². The first kappa shape index (κ1) is 18.2. The maximum Gasteiger partial charge on any atom is 0.336 e. The van der Waals surface area contributed by atoms with Gasteiger partial charge in [0.25, 0.3) is 5.56 Å². The van der Waals surface area contributed by atoms with Crippen LogP contribution in [0, 0.1) is 11.6 Å². The van der Waals surface area contributed by atoms with Gasteiger partial charge in [-0.1, -0.05) is 6.07 Å². The Morgan fingerprint density at radius 1 is 1.07 bits per heavy atom. The summed E-state index contributed by atoms with van der Waals surface area (Å²) in [5.74, 6) is -3.70. The number of fused-ring (bicyclic) bond motifs is 1. The second-order valence-electron chi connectivity index (χ2n) is 5.71. The number of aromatic nitrogens is 4. The van der Waals surface area contributed by atoms with Crippen LogP contribution in [0.3, 0.4) is 0 Å². The van der Waals surface area contributed by atoms with Crippen molar-refractivity contribution < 1.29 is 18.3 Å². The van der Waals surface area contributed by atoms with Gasteiger partial charge < -0.3 is 9.30 Å². The maximum absolute atomic E-state index is 13.5. The summed E-state index contributed by atoms with van der Waals surface area (Å²) < 4.78 is 35.2. The highest BCUT2D eigenvalue weighted by molar-refractivity contribution is 5.89.